The number of anilines is 1. The van der Waals surface area contributed by atoms with Crippen molar-refractivity contribution in [1.82, 2.24) is 9.88 Å². The third kappa shape index (κ3) is 2.74. The molecule has 0 bridgehead atoms. The molecule has 1 fully saturated rings. The summed E-state index contributed by atoms with van der Waals surface area (Å²) in [5, 5.41) is 18.6. The smallest absolute Gasteiger partial charge is 0.146 e. The van der Waals surface area contributed by atoms with E-state index in [2.05, 4.69) is 34.0 Å². The number of likely N-dealkylation sites (N-methyl/N-ethyl adjacent to an activating group) is 1. The Kier molecular flexibility index (Phi) is 4.55. The molecule has 0 spiro atoms. The summed E-state index contributed by atoms with van der Waals surface area (Å²) in [5.74, 6) is 0.735. The van der Waals surface area contributed by atoms with Gasteiger partial charge in [0.1, 0.15) is 18.0 Å². The summed E-state index contributed by atoms with van der Waals surface area (Å²) in [6.07, 6.45) is 3.34. The first-order valence-electron chi connectivity index (χ1n) is 6.96. The molecule has 0 radical (unpaired) electrons. The molecular weight excluding hydrogens is 250 g/mol. The summed E-state index contributed by atoms with van der Waals surface area (Å²) >= 11 is 0. The quantitative estimate of drug-likeness (QED) is 0.814. The van der Waals surface area contributed by atoms with Crippen molar-refractivity contribution in [3.63, 3.8) is 0 Å². The van der Waals surface area contributed by atoms with Crippen molar-refractivity contribution in [3.8, 4) is 12.1 Å². The number of rotatable bonds is 2. The number of hydrogen-bond donors (Lipinski definition) is 0. The molecule has 1 aromatic heterocycles. The van der Waals surface area contributed by atoms with E-state index < -0.39 is 0 Å². The van der Waals surface area contributed by atoms with E-state index in [9.17, 15) is 5.26 Å². The molecule has 0 N–H and O–H groups in total. The molecule has 1 aliphatic heterocycles. The van der Waals surface area contributed by atoms with Crippen LogP contribution in [0.3, 0.4) is 0 Å². The van der Waals surface area contributed by atoms with Crippen LogP contribution < -0.4 is 4.90 Å². The second kappa shape index (κ2) is 6.36. The number of aromatic nitrogens is 1. The Balaban J connectivity index is 2.42. The molecule has 0 aliphatic carbocycles. The summed E-state index contributed by atoms with van der Waals surface area (Å²) in [4.78, 5) is 8.84. The second-order valence-corrected chi connectivity index (χ2v) is 5.07. The van der Waals surface area contributed by atoms with Crippen molar-refractivity contribution in [2.24, 2.45) is 0 Å². The van der Waals surface area contributed by atoms with Gasteiger partial charge in [0, 0.05) is 25.8 Å². The van der Waals surface area contributed by atoms with Gasteiger partial charge in [-0.2, -0.15) is 10.5 Å². The molecule has 0 atom stereocenters. The predicted molar refractivity (Wildman–Crippen MR) is 77.4 cm³/mol. The standard InChI is InChI=1S/C15H19N5/c1-3-13-12(9-16)11-18-15(14(13)10-17)20-6-4-5-19(2)7-8-20/h11H,3-8H2,1-2H3. The molecule has 5 nitrogen and oxygen atoms in total. The Labute approximate surface area is 120 Å². The molecule has 1 aromatic rings. The zero-order chi connectivity index (χ0) is 14.5. The topological polar surface area (TPSA) is 67.0 Å². The fourth-order valence-electron chi connectivity index (χ4n) is 2.62. The van der Waals surface area contributed by atoms with Gasteiger partial charge in [0.2, 0.25) is 0 Å². The van der Waals surface area contributed by atoms with Crippen LogP contribution in [0.4, 0.5) is 5.82 Å². The number of pyridine rings is 1. The van der Waals surface area contributed by atoms with Crippen LogP contribution in [0.1, 0.15) is 30.0 Å². The molecule has 0 saturated carbocycles. The van der Waals surface area contributed by atoms with Crippen LogP contribution in [0.25, 0.3) is 0 Å². The van der Waals surface area contributed by atoms with Crippen LogP contribution in [0.15, 0.2) is 6.20 Å². The lowest BCUT2D eigenvalue weighted by atomic mass is 10.0. The summed E-state index contributed by atoms with van der Waals surface area (Å²) in [6.45, 7) is 5.77. The highest BCUT2D eigenvalue weighted by atomic mass is 15.2. The van der Waals surface area contributed by atoms with Crippen molar-refractivity contribution in [3.05, 3.63) is 22.9 Å². The minimum absolute atomic E-state index is 0.514. The van der Waals surface area contributed by atoms with Gasteiger partial charge >= 0.3 is 0 Å². The molecule has 0 unspecified atom stereocenters. The van der Waals surface area contributed by atoms with E-state index in [1.54, 1.807) is 6.20 Å². The maximum absolute atomic E-state index is 9.47. The van der Waals surface area contributed by atoms with E-state index in [0.29, 0.717) is 17.5 Å². The lowest BCUT2D eigenvalue weighted by molar-refractivity contribution is 0.360. The van der Waals surface area contributed by atoms with Gasteiger partial charge in [-0.3, -0.25) is 0 Å². The van der Waals surface area contributed by atoms with Crippen molar-refractivity contribution in [2.75, 3.05) is 38.1 Å². The first-order valence-corrected chi connectivity index (χ1v) is 6.96. The van der Waals surface area contributed by atoms with Gasteiger partial charge in [-0.15, -0.1) is 0 Å². The van der Waals surface area contributed by atoms with Crippen LogP contribution in [0.2, 0.25) is 0 Å². The fourth-order valence-corrected chi connectivity index (χ4v) is 2.62. The van der Waals surface area contributed by atoms with Gasteiger partial charge in [-0.05, 0) is 32.0 Å². The van der Waals surface area contributed by atoms with Crippen molar-refractivity contribution < 1.29 is 0 Å². The second-order valence-electron chi connectivity index (χ2n) is 5.07. The van der Waals surface area contributed by atoms with Crippen LogP contribution in [0.5, 0.6) is 0 Å². The average Bonchev–Trinajstić information content (AvgIpc) is 2.70. The molecule has 1 saturated heterocycles. The largest absolute Gasteiger partial charge is 0.354 e. The normalized spacial score (nSPS) is 16.3. The van der Waals surface area contributed by atoms with Crippen molar-refractivity contribution in [1.29, 1.82) is 10.5 Å². The minimum atomic E-state index is 0.514. The van der Waals surface area contributed by atoms with Crippen LogP contribution >= 0.6 is 0 Å². The van der Waals surface area contributed by atoms with E-state index in [-0.39, 0.29) is 0 Å². The highest BCUT2D eigenvalue weighted by Crippen LogP contribution is 2.24. The van der Waals surface area contributed by atoms with Gasteiger partial charge < -0.3 is 9.80 Å². The first kappa shape index (κ1) is 14.3. The Morgan fingerprint density at radius 2 is 2.00 bits per heavy atom. The lowest BCUT2D eigenvalue weighted by Gasteiger charge is -2.23. The Hall–Kier alpha value is -2.11. The van der Waals surface area contributed by atoms with Gasteiger partial charge in [0.25, 0.3) is 0 Å². The van der Waals surface area contributed by atoms with E-state index >= 15 is 0 Å². The SMILES string of the molecule is CCc1c(C#N)cnc(N2CCCN(C)CC2)c1C#N. The Morgan fingerprint density at radius 1 is 1.20 bits per heavy atom. The van der Waals surface area contributed by atoms with E-state index in [1.807, 2.05) is 6.92 Å². The average molecular weight is 269 g/mol. The molecule has 0 amide bonds. The highest BCUT2D eigenvalue weighted by molar-refractivity contribution is 5.61. The maximum Gasteiger partial charge on any atom is 0.146 e. The molecule has 1 aliphatic rings. The zero-order valence-corrected chi connectivity index (χ0v) is 12.1. The van der Waals surface area contributed by atoms with Gasteiger partial charge in [0.15, 0.2) is 0 Å². The number of nitrogens with zero attached hydrogens (tertiary/aromatic N) is 5. The fraction of sp³-hybridized carbons (Fsp3) is 0.533. The lowest BCUT2D eigenvalue weighted by Crippen LogP contribution is -2.30. The van der Waals surface area contributed by atoms with E-state index in [4.69, 9.17) is 5.26 Å². The van der Waals surface area contributed by atoms with Crippen molar-refractivity contribution >= 4 is 5.82 Å². The summed E-state index contributed by atoms with van der Waals surface area (Å²) in [5.41, 5.74) is 1.90. The minimum Gasteiger partial charge on any atom is -0.354 e. The number of nitriles is 2. The zero-order valence-electron chi connectivity index (χ0n) is 12.1. The van der Waals surface area contributed by atoms with Crippen molar-refractivity contribution in [2.45, 2.75) is 19.8 Å². The first-order chi connectivity index (χ1) is 9.71. The van der Waals surface area contributed by atoms with Crippen LogP contribution in [-0.2, 0) is 6.42 Å². The molecule has 104 valence electrons. The van der Waals surface area contributed by atoms with E-state index in [0.717, 1.165) is 44.0 Å². The third-order valence-electron chi connectivity index (χ3n) is 3.77. The van der Waals surface area contributed by atoms with E-state index in [1.165, 1.54) is 0 Å². The van der Waals surface area contributed by atoms with Gasteiger partial charge in [-0.25, -0.2) is 4.98 Å². The van der Waals surface area contributed by atoms with Gasteiger partial charge in [-0.1, -0.05) is 6.92 Å². The Bertz CT molecular complexity index is 567. The number of hydrogen-bond acceptors (Lipinski definition) is 5. The summed E-state index contributed by atoms with van der Waals surface area (Å²) in [6, 6.07) is 4.38. The summed E-state index contributed by atoms with van der Waals surface area (Å²) < 4.78 is 0. The Morgan fingerprint density at radius 3 is 2.65 bits per heavy atom. The molecule has 20 heavy (non-hydrogen) atoms. The van der Waals surface area contributed by atoms with Crippen LogP contribution in [0, 0.1) is 22.7 Å². The predicted octanol–water partition coefficient (Wildman–Crippen LogP) is 1.53. The molecular formula is C15H19N5. The van der Waals surface area contributed by atoms with Gasteiger partial charge in [0.05, 0.1) is 11.1 Å². The highest BCUT2D eigenvalue weighted by Gasteiger charge is 2.20. The molecule has 2 heterocycles. The monoisotopic (exact) mass is 269 g/mol. The third-order valence-corrected chi connectivity index (χ3v) is 3.77. The summed E-state index contributed by atoms with van der Waals surface area (Å²) in [7, 11) is 2.11. The molecule has 0 aromatic carbocycles. The van der Waals surface area contributed by atoms with Crippen LogP contribution in [-0.4, -0.2) is 43.1 Å². The maximum atomic E-state index is 9.47. The molecule has 5 heteroatoms. The molecule has 2 rings (SSSR count).